The van der Waals surface area contributed by atoms with Crippen LogP contribution < -0.4 is 10.2 Å². The van der Waals surface area contributed by atoms with Crippen LogP contribution in [-0.4, -0.2) is 25.2 Å². The molecule has 1 aromatic rings. The van der Waals surface area contributed by atoms with Crippen molar-refractivity contribution in [2.45, 2.75) is 52.1 Å². The van der Waals surface area contributed by atoms with Crippen molar-refractivity contribution in [1.82, 2.24) is 5.32 Å². The van der Waals surface area contributed by atoms with E-state index in [-0.39, 0.29) is 0 Å². The van der Waals surface area contributed by atoms with Gasteiger partial charge in [-0.15, -0.1) is 0 Å². The molecule has 0 amide bonds. The fourth-order valence-electron chi connectivity index (χ4n) is 2.95. The molecule has 0 radical (unpaired) electrons. The molecule has 18 heavy (non-hydrogen) atoms. The van der Waals surface area contributed by atoms with Crippen molar-refractivity contribution in [3.63, 3.8) is 0 Å². The van der Waals surface area contributed by atoms with Gasteiger partial charge < -0.3 is 10.2 Å². The zero-order chi connectivity index (χ0) is 13.0. The van der Waals surface area contributed by atoms with Crippen LogP contribution in [0.1, 0.15) is 39.2 Å². The van der Waals surface area contributed by atoms with Crippen LogP contribution in [0.3, 0.4) is 0 Å². The Kier molecular flexibility index (Phi) is 4.65. The number of aryl methyl sites for hydroxylation is 1. The Morgan fingerprint density at radius 2 is 1.94 bits per heavy atom. The second-order valence-corrected chi connectivity index (χ2v) is 5.34. The van der Waals surface area contributed by atoms with Gasteiger partial charge in [-0.3, -0.25) is 0 Å². The number of hydrogen-bond donors (Lipinski definition) is 1. The minimum Gasteiger partial charge on any atom is -0.369 e. The molecule has 1 saturated heterocycles. The summed E-state index contributed by atoms with van der Waals surface area (Å²) in [7, 11) is 0. The Hall–Kier alpha value is -1.02. The summed E-state index contributed by atoms with van der Waals surface area (Å²) in [6.45, 7) is 9.00. The van der Waals surface area contributed by atoms with E-state index in [1.807, 2.05) is 0 Å². The molecule has 0 spiro atoms. The highest BCUT2D eigenvalue weighted by atomic mass is 15.2. The van der Waals surface area contributed by atoms with Gasteiger partial charge in [0.05, 0.1) is 0 Å². The second kappa shape index (κ2) is 6.24. The normalized spacial score (nSPS) is 24.3. The molecule has 1 heterocycles. The fourth-order valence-corrected chi connectivity index (χ4v) is 2.95. The summed E-state index contributed by atoms with van der Waals surface area (Å²) in [5.74, 6) is 0. The van der Waals surface area contributed by atoms with Gasteiger partial charge in [-0.25, -0.2) is 0 Å². The minimum absolute atomic E-state index is 0.635. The third-order valence-electron chi connectivity index (χ3n) is 4.05. The van der Waals surface area contributed by atoms with E-state index in [0.717, 1.165) is 13.0 Å². The van der Waals surface area contributed by atoms with Crippen LogP contribution in [0.15, 0.2) is 24.3 Å². The molecule has 0 aromatic heterocycles. The molecule has 2 atom stereocenters. The zero-order valence-electron chi connectivity index (χ0n) is 11.9. The Balaban J connectivity index is 2.00. The van der Waals surface area contributed by atoms with Crippen LogP contribution in [0.5, 0.6) is 0 Å². The van der Waals surface area contributed by atoms with Crippen molar-refractivity contribution in [3.8, 4) is 0 Å². The van der Waals surface area contributed by atoms with Crippen LogP contribution >= 0.6 is 0 Å². The van der Waals surface area contributed by atoms with Gasteiger partial charge in [0, 0.05) is 24.3 Å². The summed E-state index contributed by atoms with van der Waals surface area (Å²) in [5, 5.41) is 3.58. The molecule has 0 aliphatic carbocycles. The zero-order valence-corrected chi connectivity index (χ0v) is 11.9. The number of nitrogens with one attached hydrogen (secondary N) is 1. The Morgan fingerprint density at radius 3 is 2.50 bits per heavy atom. The summed E-state index contributed by atoms with van der Waals surface area (Å²) >= 11 is 0. The molecule has 100 valence electrons. The summed E-state index contributed by atoms with van der Waals surface area (Å²) in [6, 6.07) is 10.4. The lowest BCUT2D eigenvalue weighted by Gasteiger charge is -2.39. The molecule has 1 aliphatic heterocycles. The van der Waals surface area contributed by atoms with Gasteiger partial charge in [-0.05, 0) is 50.4 Å². The lowest BCUT2D eigenvalue weighted by Crippen LogP contribution is -2.47. The molecular formula is C16H26N2. The molecule has 1 aliphatic rings. The average molecular weight is 246 g/mol. The third-order valence-corrected chi connectivity index (χ3v) is 4.05. The van der Waals surface area contributed by atoms with E-state index in [1.54, 1.807) is 0 Å². The first kappa shape index (κ1) is 13.4. The molecular weight excluding hydrogens is 220 g/mol. The summed E-state index contributed by atoms with van der Waals surface area (Å²) in [6.07, 6.45) is 3.63. The molecule has 2 unspecified atom stereocenters. The predicted molar refractivity (Wildman–Crippen MR) is 79.3 cm³/mol. The standard InChI is InChI=1S/C16H26N2/c1-4-14-6-8-16(9-7-14)18-11-10-15(17-5-2)12-13(18)3/h6-9,13,15,17H,4-5,10-12H2,1-3H3. The largest absolute Gasteiger partial charge is 0.369 e. The van der Waals surface area contributed by atoms with Crippen molar-refractivity contribution in [2.24, 2.45) is 0 Å². The quantitative estimate of drug-likeness (QED) is 0.877. The van der Waals surface area contributed by atoms with Gasteiger partial charge in [0.1, 0.15) is 0 Å². The van der Waals surface area contributed by atoms with Gasteiger partial charge in [0.25, 0.3) is 0 Å². The van der Waals surface area contributed by atoms with E-state index in [1.165, 1.54) is 30.6 Å². The van der Waals surface area contributed by atoms with Gasteiger partial charge in [0.15, 0.2) is 0 Å². The van der Waals surface area contributed by atoms with Gasteiger partial charge in [-0.1, -0.05) is 26.0 Å². The van der Waals surface area contributed by atoms with Crippen LogP contribution in [0, 0.1) is 0 Å². The number of anilines is 1. The van der Waals surface area contributed by atoms with Crippen LogP contribution in [0.25, 0.3) is 0 Å². The smallest absolute Gasteiger partial charge is 0.0368 e. The van der Waals surface area contributed by atoms with E-state index in [9.17, 15) is 0 Å². The fraction of sp³-hybridized carbons (Fsp3) is 0.625. The first-order chi connectivity index (χ1) is 8.74. The van der Waals surface area contributed by atoms with Crippen molar-refractivity contribution >= 4 is 5.69 Å². The van der Waals surface area contributed by atoms with Gasteiger partial charge in [-0.2, -0.15) is 0 Å². The first-order valence-electron chi connectivity index (χ1n) is 7.33. The van der Waals surface area contributed by atoms with Crippen LogP contribution in [0.4, 0.5) is 5.69 Å². The highest BCUT2D eigenvalue weighted by molar-refractivity contribution is 5.49. The number of rotatable bonds is 4. The summed E-state index contributed by atoms with van der Waals surface area (Å²) in [5.41, 5.74) is 2.81. The lowest BCUT2D eigenvalue weighted by atomic mass is 9.97. The highest BCUT2D eigenvalue weighted by Crippen LogP contribution is 2.25. The van der Waals surface area contributed by atoms with Gasteiger partial charge >= 0.3 is 0 Å². The maximum absolute atomic E-state index is 3.58. The van der Waals surface area contributed by atoms with Crippen molar-refractivity contribution in [2.75, 3.05) is 18.0 Å². The molecule has 0 bridgehead atoms. The maximum Gasteiger partial charge on any atom is 0.0368 e. The molecule has 1 fully saturated rings. The third kappa shape index (κ3) is 3.05. The SMILES string of the molecule is CCNC1CCN(c2ccc(CC)cc2)C(C)C1. The van der Waals surface area contributed by atoms with E-state index in [0.29, 0.717) is 12.1 Å². The first-order valence-corrected chi connectivity index (χ1v) is 7.33. The molecule has 1 N–H and O–H groups in total. The van der Waals surface area contributed by atoms with Gasteiger partial charge in [0.2, 0.25) is 0 Å². The Labute approximate surface area is 111 Å². The second-order valence-electron chi connectivity index (χ2n) is 5.34. The molecule has 1 aromatic carbocycles. The maximum atomic E-state index is 3.58. The van der Waals surface area contributed by atoms with Crippen LogP contribution in [-0.2, 0) is 6.42 Å². The number of nitrogens with zero attached hydrogens (tertiary/aromatic N) is 1. The lowest BCUT2D eigenvalue weighted by molar-refractivity contribution is 0.374. The monoisotopic (exact) mass is 246 g/mol. The number of benzene rings is 1. The molecule has 2 nitrogen and oxygen atoms in total. The molecule has 2 heteroatoms. The van der Waals surface area contributed by atoms with Crippen molar-refractivity contribution < 1.29 is 0 Å². The van der Waals surface area contributed by atoms with Crippen molar-refractivity contribution in [3.05, 3.63) is 29.8 Å². The van der Waals surface area contributed by atoms with E-state index < -0.39 is 0 Å². The molecule has 2 rings (SSSR count). The van der Waals surface area contributed by atoms with Crippen LogP contribution in [0.2, 0.25) is 0 Å². The minimum atomic E-state index is 0.635. The topological polar surface area (TPSA) is 15.3 Å². The van der Waals surface area contributed by atoms with Crippen molar-refractivity contribution in [1.29, 1.82) is 0 Å². The molecule has 0 saturated carbocycles. The predicted octanol–water partition coefficient (Wildman–Crippen LogP) is 3.22. The van der Waals surface area contributed by atoms with E-state index in [4.69, 9.17) is 0 Å². The van der Waals surface area contributed by atoms with E-state index in [2.05, 4.69) is 55.3 Å². The summed E-state index contributed by atoms with van der Waals surface area (Å²) < 4.78 is 0. The highest BCUT2D eigenvalue weighted by Gasteiger charge is 2.24. The average Bonchev–Trinajstić information content (AvgIpc) is 2.40. The summed E-state index contributed by atoms with van der Waals surface area (Å²) in [4.78, 5) is 2.55. The number of hydrogen-bond acceptors (Lipinski definition) is 2. The van der Waals surface area contributed by atoms with E-state index >= 15 is 0 Å². The Morgan fingerprint density at radius 1 is 1.22 bits per heavy atom. The number of piperidine rings is 1. The Bertz CT molecular complexity index is 358.